The standard InChI is InChI=1S/C20H17FN2O3/c1-11(2)25-16-9-15-17(8-13(16)10-22)26-19(18(15)20(24)23-3)12-4-6-14(21)7-5-12/h4-9,11H,1-3H3,(H,23,24). The fourth-order valence-electron chi connectivity index (χ4n) is 2.72. The summed E-state index contributed by atoms with van der Waals surface area (Å²) in [6, 6.07) is 10.9. The number of carbonyl (C=O) groups is 1. The minimum absolute atomic E-state index is 0.133. The molecular formula is C20H17FN2O3. The lowest BCUT2D eigenvalue weighted by Crippen LogP contribution is -2.18. The molecule has 0 radical (unpaired) electrons. The second-order valence-corrected chi connectivity index (χ2v) is 6.02. The van der Waals surface area contributed by atoms with Gasteiger partial charge in [-0.05, 0) is 44.2 Å². The number of rotatable bonds is 4. The molecule has 0 saturated carbocycles. The number of furan rings is 1. The van der Waals surface area contributed by atoms with Crippen LogP contribution in [0.5, 0.6) is 5.75 Å². The average Bonchev–Trinajstić information content (AvgIpc) is 2.98. The lowest BCUT2D eigenvalue weighted by Gasteiger charge is -2.11. The van der Waals surface area contributed by atoms with Crippen LogP contribution in [0, 0.1) is 17.1 Å². The molecule has 6 heteroatoms. The van der Waals surface area contributed by atoms with E-state index in [0.29, 0.717) is 39.2 Å². The summed E-state index contributed by atoms with van der Waals surface area (Å²) < 4.78 is 24.8. The highest BCUT2D eigenvalue weighted by Crippen LogP contribution is 2.37. The molecule has 0 spiro atoms. The third kappa shape index (κ3) is 3.11. The highest BCUT2D eigenvalue weighted by atomic mass is 19.1. The fourth-order valence-corrected chi connectivity index (χ4v) is 2.72. The van der Waals surface area contributed by atoms with Gasteiger partial charge in [0, 0.05) is 24.1 Å². The summed E-state index contributed by atoms with van der Waals surface area (Å²) in [6.07, 6.45) is -0.133. The second kappa shape index (κ2) is 6.89. The number of hydrogen-bond donors (Lipinski definition) is 1. The van der Waals surface area contributed by atoms with Crippen molar-refractivity contribution in [3.63, 3.8) is 0 Å². The van der Waals surface area contributed by atoms with E-state index >= 15 is 0 Å². The molecule has 1 N–H and O–H groups in total. The Balaban J connectivity index is 2.30. The van der Waals surface area contributed by atoms with Gasteiger partial charge in [-0.15, -0.1) is 0 Å². The number of amides is 1. The van der Waals surface area contributed by atoms with Crippen molar-refractivity contribution in [2.45, 2.75) is 20.0 Å². The molecule has 0 fully saturated rings. The zero-order chi connectivity index (χ0) is 18.8. The SMILES string of the molecule is CNC(=O)c1c(-c2ccc(F)cc2)oc2cc(C#N)c(OC(C)C)cc12. The molecule has 3 aromatic rings. The molecule has 1 amide bonds. The first-order chi connectivity index (χ1) is 12.4. The van der Waals surface area contributed by atoms with Crippen LogP contribution in [0.3, 0.4) is 0 Å². The van der Waals surface area contributed by atoms with Crippen LogP contribution in [0.15, 0.2) is 40.8 Å². The van der Waals surface area contributed by atoms with Crippen molar-refractivity contribution in [3.05, 3.63) is 53.3 Å². The molecule has 0 aliphatic rings. The van der Waals surface area contributed by atoms with Gasteiger partial charge in [0.15, 0.2) is 0 Å². The van der Waals surface area contributed by atoms with Crippen LogP contribution in [0.2, 0.25) is 0 Å². The van der Waals surface area contributed by atoms with Crippen LogP contribution in [0.25, 0.3) is 22.3 Å². The van der Waals surface area contributed by atoms with Crippen LogP contribution in [-0.4, -0.2) is 19.1 Å². The van der Waals surface area contributed by atoms with Gasteiger partial charge < -0.3 is 14.5 Å². The second-order valence-electron chi connectivity index (χ2n) is 6.02. The average molecular weight is 352 g/mol. The van der Waals surface area contributed by atoms with Gasteiger partial charge in [0.25, 0.3) is 5.91 Å². The number of nitriles is 1. The van der Waals surface area contributed by atoms with Crippen LogP contribution in [0.4, 0.5) is 4.39 Å². The van der Waals surface area contributed by atoms with E-state index in [2.05, 4.69) is 11.4 Å². The number of nitrogens with one attached hydrogen (secondary N) is 1. The van der Waals surface area contributed by atoms with Gasteiger partial charge in [-0.3, -0.25) is 4.79 Å². The number of fused-ring (bicyclic) bond motifs is 1. The van der Waals surface area contributed by atoms with Gasteiger partial charge in [0.2, 0.25) is 0 Å². The Bertz CT molecular complexity index is 1010. The van der Waals surface area contributed by atoms with E-state index < -0.39 is 0 Å². The third-order valence-electron chi connectivity index (χ3n) is 3.83. The van der Waals surface area contributed by atoms with E-state index in [4.69, 9.17) is 9.15 Å². The molecule has 0 unspecified atom stereocenters. The Morgan fingerprint density at radius 3 is 2.54 bits per heavy atom. The van der Waals surface area contributed by atoms with Crippen molar-refractivity contribution < 1.29 is 18.3 Å². The largest absolute Gasteiger partial charge is 0.490 e. The van der Waals surface area contributed by atoms with Crippen molar-refractivity contribution in [3.8, 4) is 23.1 Å². The summed E-state index contributed by atoms with van der Waals surface area (Å²) in [5.41, 5.74) is 1.57. The molecule has 3 rings (SSSR count). The molecular weight excluding hydrogens is 335 g/mol. The Labute approximate surface area is 150 Å². The number of halogens is 1. The van der Waals surface area contributed by atoms with Crippen LogP contribution in [0.1, 0.15) is 29.8 Å². The number of carbonyl (C=O) groups excluding carboxylic acids is 1. The summed E-state index contributed by atoms with van der Waals surface area (Å²) in [4.78, 5) is 12.5. The Kier molecular flexibility index (Phi) is 4.63. The van der Waals surface area contributed by atoms with E-state index in [1.807, 2.05) is 13.8 Å². The summed E-state index contributed by atoms with van der Waals surface area (Å²) in [6.45, 7) is 3.70. The van der Waals surface area contributed by atoms with E-state index in [0.717, 1.165) is 0 Å². The predicted octanol–water partition coefficient (Wildman–Crippen LogP) is 4.26. The Morgan fingerprint density at radius 1 is 1.27 bits per heavy atom. The van der Waals surface area contributed by atoms with Crippen molar-refractivity contribution in [1.29, 1.82) is 5.26 Å². The monoisotopic (exact) mass is 352 g/mol. The molecule has 26 heavy (non-hydrogen) atoms. The third-order valence-corrected chi connectivity index (χ3v) is 3.83. The fraction of sp³-hybridized carbons (Fsp3) is 0.200. The van der Waals surface area contributed by atoms with E-state index in [-0.39, 0.29) is 17.8 Å². The van der Waals surface area contributed by atoms with Gasteiger partial charge in [-0.25, -0.2) is 4.39 Å². The molecule has 0 aliphatic heterocycles. The maximum Gasteiger partial charge on any atom is 0.255 e. The van der Waals surface area contributed by atoms with Gasteiger partial charge in [0.1, 0.15) is 29.0 Å². The summed E-state index contributed by atoms with van der Waals surface area (Å²) in [5.74, 6) is -0.0365. The maximum absolute atomic E-state index is 13.2. The predicted molar refractivity (Wildman–Crippen MR) is 95.5 cm³/mol. The summed E-state index contributed by atoms with van der Waals surface area (Å²) >= 11 is 0. The lowest BCUT2D eigenvalue weighted by atomic mass is 10.0. The first kappa shape index (κ1) is 17.5. The van der Waals surface area contributed by atoms with Gasteiger partial charge >= 0.3 is 0 Å². The first-order valence-corrected chi connectivity index (χ1v) is 8.10. The molecule has 2 aromatic carbocycles. The van der Waals surface area contributed by atoms with Crippen LogP contribution >= 0.6 is 0 Å². The zero-order valence-electron chi connectivity index (χ0n) is 14.6. The zero-order valence-corrected chi connectivity index (χ0v) is 14.6. The van der Waals surface area contributed by atoms with Crippen LogP contribution in [-0.2, 0) is 0 Å². The van der Waals surface area contributed by atoms with Crippen molar-refractivity contribution in [1.82, 2.24) is 5.32 Å². The molecule has 1 heterocycles. The van der Waals surface area contributed by atoms with E-state index in [1.54, 1.807) is 12.1 Å². The highest BCUT2D eigenvalue weighted by Gasteiger charge is 2.23. The van der Waals surface area contributed by atoms with E-state index in [1.165, 1.54) is 31.3 Å². The van der Waals surface area contributed by atoms with Crippen molar-refractivity contribution in [2.75, 3.05) is 7.05 Å². The molecule has 0 saturated heterocycles. The molecule has 0 aliphatic carbocycles. The number of nitrogens with zero attached hydrogens (tertiary/aromatic N) is 1. The van der Waals surface area contributed by atoms with Crippen LogP contribution < -0.4 is 10.1 Å². The molecule has 0 atom stereocenters. The number of hydrogen-bond acceptors (Lipinski definition) is 4. The molecule has 132 valence electrons. The van der Waals surface area contributed by atoms with Gasteiger partial charge in [-0.2, -0.15) is 5.26 Å². The summed E-state index contributed by atoms with van der Waals surface area (Å²) in [5, 5.41) is 12.5. The minimum Gasteiger partial charge on any atom is -0.490 e. The van der Waals surface area contributed by atoms with E-state index in [9.17, 15) is 14.4 Å². The van der Waals surface area contributed by atoms with Gasteiger partial charge in [0.05, 0.1) is 17.2 Å². The van der Waals surface area contributed by atoms with Crippen molar-refractivity contribution >= 4 is 16.9 Å². The Hall–Kier alpha value is -3.33. The quantitative estimate of drug-likeness (QED) is 0.761. The minimum atomic E-state index is -0.384. The smallest absolute Gasteiger partial charge is 0.255 e. The highest BCUT2D eigenvalue weighted by molar-refractivity contribution is 6.11. The van der Waals surface area contributed by atoms with Gasteiger partial charge in [-0.1, -0.05) is 0 Å². The lowest BCUT2D eigenvalue weighted by molar-refractivity contribution is 0.0964. The Morgan fingerprint density at radius 2 is 1.96 bits per heavy atom. The molecule has 1 aromatic heterocycles. The molecule has 0 bridgehead atoms. The normalized spacial score (nSPS) is 10.8. The maximum atomic E-state index is 13.2. The number of benzene rings is 2. The molecule has 5 nitrogen and oxygen atoms in total. The van der Waals surface area contributed by atoms with Crippen molar-refractivity contribution in [2.24, 2.45) is 0 Å². The summed E-state index contributed by atoms with van der Waals surface area (Å²) in [7, 11) is 1.52. The topological polar surface area (TPSA) is 75.3 Å². The number of ether oxygens (including phenoxy) is 1. The first-order valence-electron chi connectivity index (χ1n) is 8.10.